The molecule has 3 heteroatoms. The lowest BCUT2D eigenvalue weighted by molar-refractivity contribution is -0.0265. The van der Waals surface area contributed by atoms with Gasteiger partial charge in [-0.2, -0.15) is 0 Å². The first-order chi connectivity index (χ1) is 14.1. The normalized spacial score (nSPS) is 28.5. The van der Waals surface area contributed by atoms with Crippen molar-refractivity contribution in [2.75, 3.05) is 6.54 Å². The molecule has 0 N–H and O–H groups in total. The van der Waals surface area contributed by atoms with Crippen LogP contribution in [0, 0.1) is 5.92 Å². The molecule has 0 amide bonds. The number of carbonyl (C=O) groups excluding carboxylic acids is 1. The summed E-state index contributed by atoms with van der Waals surface area (Å²) in [6.45, 7) is 5.88. The Balaban J connectivity index is 1.50. The lowest BCUT2D eigenvalue weighted by atomic mass is 9.52. The van der Waals surface area contributed by atoms with Gasteiger partial charge in [-0.15, -0.1) is 0 Å². The molecule has 2 aromatic rings. The van der Waals surface area contributed by atoms with Crippen LogP contribution in [0.2, 0.25) is 0 Å². The van der Waals surface area contributed by atoms with Crippen molar-refractivity contribution in [1.82, 2.24) is 4.90 Å². The molecule has 3 aliphatic rings. The molecule has 2 aliphatic carbocycles. The number of nitrogens with zero attached hydrogens (tertiary/aromatic N) is 1. The van der Waals surface area contributed by atoms with E-state index in [0.717, 1.165) is 12.3 Å². The Morgan fingerprint density at radius 2 is 1.93 bits per heavy atom. The van der Waals surface area contributed by atoms with E-state index in [1.54, 1.807) is 0 Å². The maximum Gasteiger partial charge on any atom is 0.343 e. The Labute approximate surface area is 174 Å². The summed E-state index contributed by atoms with van der Waals surface area (Å²) in [6.07, 6.45) is 7.65. The number of hydrogen-bond acceptors (Lipinski definition) is 3. The molecule has 2 bridgehead atoms. The van der Waals surface area contributed by atoms with Crippen molar-refractivity contribution in [1.29, 1.82) is 0 Å². The maximum absolute atomic E-state index is 12.6. The highest BCUT2D eigenvalue weighted by molar-refractivity contribution is 5.91. The standard InChI is InChI=1S/C26H31NO2/c1-18(2)27-15-14-26-13-7-6-10-22(26)24(27)16-20-11-12-21(17-23(20)26)29-25(28)19-8-4-3-5-9-19/h3-5,8-9,11-12,17-18,22,24H,6-7,10,13-16H2,1-2H3/t22-,24?,26+/m0/s1. The summed E-state index contributed by atoms with van der Waals surface area (Å²) in [5.41, 5.74) is 3.82. The predicted molar refractivity (Wildman–Crippen MR) is 115 cm³/mol. The Morgan fingerprint density at radius 1 is 1.10 bits per heavy atom. The fourth-order valence-electron chi connectivity index (χ4n) is 6.46. The van der Waals surface area contributed by atoms with Crippen molar-refractivity contribution in [3.63, 3.8) is 0 Å². The number of piperidine rings is 1. The summed E-state index contributed by atoms with van der Waals surface area (Å²) in [7, 11) is 0. The average Bonchev–Trinajstić information content (AvgIpc) is 2.74. The van der Waals surface area contributed by atoms with Gasteiger partial charge in [-0.25, -0.2) is 4.79 Å². The highest BCUT2D eigenvalue weighted by Gasteiger charge is 2.54. The summed E-state index contributed by atoms with van der Waals surface area (Å²) in [5.74, 6) is 1.16. The van der Waals surface area contributed by atoms with Gasteiger partial charge < -0.3 is 4.74 Å². The van der Waals surface area contributed by atoms with Crippen molar-refractivity contribution in [3.05, 3.63) is 65.2 Å². The van der Waals surface area contributed by atoms with Crippen LogP contribution in [-0.4, -0.2) is 29.5 Å². The van der Waals surface area contributed by atoms with Gasteiger partial charge in [0, 0.05) is 17.5 Å². The molecular formula is C26H31NO2. The number of benzene rings is 2. The number of likely N-dealkylation sites (tertiary alicyclic amines) is 1. The zero-order chi connectivity index (χ0) is 20.0. The van der Waals surface area contributed by atoms with Crippen LogP contribution >= 0.6 is 0 Å². The molecule has 1 unspecified atom stereocenters. The van der Waals surface area contributed by atoms with E-state index in [-0.39, 0.29) is 11.4 Å². The molecule has 0 aromatic heterocycles. The minimum Gasteiger partial charge on any atom is -0.423 e. The molecule has 3 atom stereocenters. The topological polar surface area (TPSA) is 29.5 Å². The summed E-state index contributed by atoms with van der Waals surface area (Å²) < 4.78 is 5.79. The van der Waals surface area contributed by atoms with Gasteiger partial charge in [-0.3, -0.25) is 4.90 Å². The second-order valence-corrected chi connectivity index (χ2v) is 9.44. The van der Waals surface area contributed by atoms with Crippen LogP contribution in [0.5, 0.6) is 5.75 Å². The van der Waals surface area contributed by atoms with Crippen LogP contribution in [0.3, 0.4) is 0 Å². The lowest BCUT2D eigenvalue weighted by Gasteiger charge is -2.60. The molecule has 1 saturated heterocycles. The van der Waals surface area contributed by atoms with Crippen LogP contribution in [0.1, 0.15) is 67.4 Å². The van der Waals surface area contributed by atoms with Crippen LogP contribution in [0.15, 0.2) is 48.5 Å². The first kappa shape index (κ1) is 18.9. The van der Waals surface area contributed by atoms with Crippen molar-refractivity contribution < 1.29 is 9.53 Å². The fraction of sp³-hybridized carbons (Fsp3) is 0.500. The van der Waals surface area contributed by atoms with Gasteiger partial charge in [0.25, 0.3) is 0 Å². The van der Waals surface area contributed by atoms with E-state index in [1.807, 2.05) is 36.4 Å². The van der Waals surface area contributed by atoms with Gasteiger partial charge in [0.2, 0.25) is 0 Å². The average molecular weight is 390 g/mol. The molecular weight excluding hydrogens is 358 g/mol. The quantitative estimate of drug-likeness (QED) is 0.522. The molecule has 0 spiro atoms. The Hall–Kier alpha value is -2.13. The number of fused-ring (bicyclic) bond motifs is 1. The van der Waals surface area contributed by atoms with Gasteiger partial charge in [-0.05, 0) is 87.4 Å². The Morgan fingerprint density at radius 3 is 2.72 bits per heavy atom. The minimum atomic E-state index is -0.272. The largest absolute Gasteiger partial charge is 0.423 e. The van der Waals surface area contributed by atoms with Crippen LogP contribution in [-0.2, 0) is 11.8 Å². The highest BCUT2D eigenvalue weighted by atomic mass is 16.5. The zero-order valence-corrected chi connectivity index (χ0v) is 17.6. The Kier molecular flexibility index (Phi) is 4.74. The highest BCUT2D eigenvalue weighted by Crippen LogP contribution is 2.56. The van der Waals surface area contributed by atoms with E-state index < -0.39 is 0 Å². The summed E-state index contributed by atoms with van der Waals surface area (Å²) in [4.78, 5) is 15.3. The first-order valence-corrected chi connectivity index (χ1v) is 11.2. The van der Waals surface area contributed by atoms with Crippen LogP contribution in [0.25, 0.3) is 0 Å². The summed E-state index contributed by atoms with van der Waals surface area (Å²) in [5, 5.41) is 0. The number of ether oxygens (including phenoxy) is 1. The van der Waals surface area contributed by atoms with E-state index in [0.29, 0.717) is 23.4 Å². The molecule has 1 aliphatic heterocycles. The molecule has 3 nitrogen and oxygen atoms in total. The third kappa shape index (κ3) is 3.11. The fourth-order valence-corrected chi connectivity index (χ4v) is 6.46. The molecule has 1 saturated carbocycles. The molecule has 1 heterocycles. The number of hydrogen-bond donors (Lipinski definition) is 0. The smallest absolute Gasteiger partial charge is 0.343 e. The summed E-state index contributed by atoms with van der Waals surface area (Å²) >= 11 is 0. The number of esters is 1. The van der Waals surface area contributed by atoms with Gasteiger partial charge in [0.15, 0.2) is 0 Å². The predicted octanol–water partition coefficient (Wildman–Crippen LogP) is 5.37. The third-order valence-electron chi connectivity index (χ3n) is 7.73. The van der Waals surface area contributed by atoms with Gasteiger partial charge in [0.05, 0.1) is 5.56 Å². The molecule has 5 rings (SSSR count). The van der Waals surface area contributed by atoms with Crippen LogP contribution in [0.4, 0.5) is 0 Å². The van der Waals surface area contributed by atoms with Gasteiger partial charge >= 0.3 is 5.97 Å². The van der Waals surface area contributed by atoms with Crippen molar-refractivity contribution in [2.45, 2.75) is 69.9 Å². The minimum absolute atomic E-state index is 0.272. The first-order valence-electron chi connectivity index (χ1n) is 11.2. The van der Waals surface area contributed by atoms with E-state index in [2.05, 4.69) is 30.9 Å². The Bertz CT molecular complexity index is 906. The third-order valence-corrected chi connectivity index (χ3v) is 7.73. The maximum atomic E-state index is 12.6. The molecule has 0 radical (unpaired) electrons. The van der Waals surface area contributed by atoms with Crippen LogP contribution < -0.4 is 4.74 Å². The monoisotopic (exact) mass is 389 g/mol. The number of carbonyl (C=O) groups is 1. The molecule has 2 fully saturated rings. The van der Waals surface area contributed by atoms with E-state index in [4.69, 9.17) is 4.74 Å². The van der Waals surface area contributed by atoms with E-state index >= 15 is 0 Å². The number of rotatable bonds is 3. The second kappa shape index (κ2) is 7.28. The SMILES string of the molecule is CC(C)N1CC[C@]23CCCC[C@H]2C1Cc1ccc(OC(=O)c2ccccc2)cc13. The van der Waals surface area contributed by atoms with E-state index in [1.165, 1.54) is 49.8 Å². The van der Waals surface area contributed by atoms with Gasteiger partial charge in [0.1, 0.15) is 5.75 Å². The van der Waals surface area contributed by atoms with E-state index in [9.17, 15) is 4.79 Å². The molecule has 29 heavy (non-hydrogen) atoms. The molecule has 152 valence electrons. The zero-order valence-electron chi connectivity index (χ0n) is 17.6. The second-order valence-electron chi connectivity index (χ2n) is 9.44. The van der Waals surface area contributed by atoms with Crippen molar-refractivity contribution in [2.24, 2.45) is 5.92 Å². The van der Waals surface area contributed by atoms with Crippen molar-refractivity contribution >= 4 is 5.97 Å². The molecule has 2 aromatic carbocycles. The lowest BCUT2D eigenvalue weighted by Crippen LogP contribution is -2.62. The summed E-state index contributed by atoms with van der Waals surface area (Å²) in [6, 6.07) is 17.0. The van der Waals surface area contributed by atoms with Gasteiger partial charge in [-0.1, -0.05) is 37.1 Å². The van der Waals surface area contributed by atoms with Crippen molar-refractivity contribution in [3.8, 4) is 5.75 Å².